The van der Waals surface area contributed by atoms with Crippen molar-refractivity contribution >= 4 is 0 Å². The third-order valence-corrected chi connectivity index (χ3v) is 5.81. The van der Waals surface area contributed by atoms with Crippen molar-refractivity contribution < 1.29 is 0 Å². The minimum Gasteiger partial charge on any atom is -0.312 e. The highest BCUT2D eigenvalue weighted by atomic mass is 15.2. The summed E-state index contributed by atoms with van der Waals surface area (Å²) in [7, 11) is 0. The highest BCUT2D eigenvalue weighted by Crippen LogP contribution is 2.40. The van der Waals surface area contributed by atoms with E-state index in [1.54, 1.807) is 0 Å². The molecule has 3 unspecified atom stereocenters. The van der Waals surface area contributed by atoms with Crippen LogP contribution < -0.4 is 5.32 Å². The second-order valence-electron chi connectivity index (χ2n) is 7.25. The lowest BCUT2D eigenvalue weighted by atomic mass is 9.84. The number of fused-ring (bicyclic) bond motifs is 1. The number of nitrogens with zero attached hydrogens (tertiary/aromatic N) is 1. The molecule has 2 heteroatoms. The molecule has 114 valence electrons. The first-order valence-electron chi connectivity index (χ1n) is 8.96. The Morgan fingerprint density at radius 1 is 1.00 bits per heavy atom. The van der Waals surface area contributed by atoms with E-state index < -0.39 is 0 Å². The Kier molecular flexibility index (Phi) is 4.00. The Labute approximate surface area is 128 Å². The molecule has 1 heterocycles. The van der Waals surface area contributed by atoms with Crippen molar-refractivity contribution in [1.82, 2.24) is 10.2 Å². The molecule has 2 nitrogen and oxygen atoms in total. The second-order valence-corrected chi connectivity index (χ2v) is 7.25. The van der Waals surface area contributed by atoms with E-state index in [0.29, 0.717) is 6.04 Å². The zero-order valence-electron chi connectivity index (χ0n) is 13.0. The molecule has 0 aromatic heterocycles. The summed E-state index contributed by atoms with van der Waals surface area (Å²) in [5, 5.41) is 3.79. The maximum Gasteiger partial charge on any atom is 0.0475 e. The maximum absolute atomic E-state index is 3.79. The van der Waals surface area contributed by atoms with Gasteiger partial charge in [-0.1, -0.05) is 43.2 Å². The molecule has 1 aliphatic heterocycles. The lowest BCUT2D eigenvalue weighted by molar-refractivity contribution is 0.130. The number of hydrogen-bond acceptors (Lipinski definition) is 2. The topological polar surface area (TPSA) is 15.3 Å². The summed E-state index contributed by atoms with van der Waals surface area (Å²) in [6.07, 6.45) is 10.00. The first-order chi connectivity index (χ1) is 10.4. The lowest BCUT2D eigenvalue weighted by Gasteiger charge is -2.37. The molecular weight excluding hydrogens is 256 g/mol. The van der Waals surface area contributed by atoms with Crippen LogP contribution in [0.2, 0.25) is 0 Å². The van der Waals surface area contributed by atoms with Crippen LogP contribution in [0.25, 0.3) is 0 Å². The van der Waals surface area contributed by atoms with Gasteiger partial charge in [0, 0.05) is 24.7 Å². The van der Waals surface area contributed by atoms with E-state index in [-0.39, 0.29) is 0 Å². The molecule has 1 aromatic carbocycles. The monoisotopic (exact) mass is 284 g/mol. The third kappa shape index (κ3) is 3.02. The van der Waals surface area contributed by atoms with Crippen molar-refractivity contribution in [2.24, 2.45) is 5.92 Å². The van der Waals surface area contributed by atoms with Gasteiger partial charge >= 0.3 is 0 Å². The smallest absolute Gasteiger partial charge is 0.0475 e. The molecule has 0 bridgehead atoms. The molecule has 3 fully saturated rings. The van der Waals surface area contributed by atoms with Crippen LogP contribution in [0.3, 0.4) is 0 Å². The van der Waals surface area contributed by atoms with Crippen LogP contribution >= 0.6 is 0 Å². The Bertz CT molecular complexity index is 454. The minimum absolute atomic E-state index is 0.583. The van der Waals surface area contributed by atoms with Crippen LogP contribution in [0, 0.1) is 5.92 Å². The number of hydrogen-bond donors (Lipinski definition) is 1. The fourth-order valence-corrected chi connectivity index (χ4v) is 4.50. The lowest BCUT2D eigenvalue weighted by Crippen LogP contribution is -2.42. The van der Waals surface area contributed by atoms with Gasteiger partial charge in [0.2, 0.25) is 0 Å². The molecule has 0 radical (unpaired) electrons. The molecule has 0 amide bonds. The van der Waals surface area contributed by atoms with Gasteiger partial charge in [0.1, 0.15) is 0 Å². The average molecular weight is 284 g/mol. The first kappa shape index (κ1) is 13.8. The Morgan fingerprint density at radius 2 is 1.81 bits per heavy atom. The highest BCUT2D eigenvalue weighted by Gasteiger charge is 2.39. The minimum atomic E-state index is 0.583. The van der Waals surface area contributed by atoms with Gasteiger partial charge in [0.05, 0.1) is 0 Å². The van der Waals surface area contributed by atoms with Crippen LogP contribution in [0.15, 0.2) is 30.3 Å². The van der Waals surface area contributed by atoms with E-state index >= 15 is 0 Å². The quantitative estimate of drug-likeness (QED) is 0.886. The summed E-state index contributed by atoms with van der Waals surface area (Å²) >= 11 is 0. The zero-order chi connectivity index (χ0) is 14.1. The normalized spacial score (nSPS) is 31.0. The molecule has 1 aromatic rings. The molecule has 3 aliphatic rings. The van der Waals surface area contributed by atoms with Crippen molar-refractivity contribution in [1.29, 1.82) is 0 Å². The van der Waals surface area contributed by atoms with E-state index in [2.05, 4.69) is 40.5 Å². The maximum atomic E-state index is 3.79. The summed E-state index contributed by atoms with van der Waals surface area (Å²) in [4.78, 5) is 2.84. The predicted molar refractivity (Wildman–Crippen MR) is 87.3 cm³/mol. The number of rotatable bonds is 5. The van der Waals surface area contributed by atoms with Crippen molar-refractivity contribution in [3.8, 4) is 0 Å². The molecule has 2 aliphatic carbocycles. The molecule has 2 saturated carbocycles. The molecular formula is C19H28N2. The number of nitrogens with one attached hydrogen (secondary N) is 1. The third-order valence-electron chi connectivity index (χ3n) is 5.81. The summed E-state index contributed by atoms with van der Waals surface area (Å²) in [6.45, 7) is 2.44. The van der Waals surface area contributed by atoms with E-state index in [9.17, 15) is 0 Å². The van der Waals surface area contributed by atoms with Gasteiger partial charge < -0.3 is 5.32 Å². The van der Waals surface area contributed by atoms with Gasteiger partial charge in [0.15, 0.2) is 0 Å². The van der Waals surface area contributed by atoms with Crippen LogP contribution in [-0.4, -0.2) is 30.1 Å². The average Bonchev–Trinajstić information content (AvgIpc) is 3.28. The van der Waals surface area contributed by atoms with Gasteiger partial charge in [0.25, 0.3) is 0 Å². The van der Waals surface area contributed by atoms with E-state index in [1.807, 2.05) is 0 Å². The van der Waals surface area contributed by atoms with Crippen molar-refractivity contribution in [2.45, 2.75) is 63.1 Å². The molecule has 0 spiro atoms. The summed E-state index contributed by atoms with van der Waals surface area (Å²) in [5.74, 6) is 0.978. The van der Waals surface area contributed by atoms with Gasteiger partial charge in [-0.25, -0.2) is 0 Å². The Balaban J connectivity index is 1.53. The van der Waals surface area contributed by atoms with Gasteiger partial charge in [-0.3, -0.25) is 4.90 Å². The van der Waals surface area contributed by atoms with E-state index in [1.165, 1.54) is 57.1 Å². The molecule has 1 N–H and O–H groups in total. The van der Waals surface area contributed by atoms with E-state index in [0.717, 1.165) is 24.5 Å². The standard InChI is InChI=1S/C19H28N2/c1-2-6-15(7-3-1)19(14-20-17-10-11-17)21-13-12-16-8-4-5-9-18(16)21/h1-3,6-7,16-20H,4-5,8-14H2. The van der Waals surface area contributed by atoms with Crippen LogP contribution in [-0.2, 0) is 0 Å². The van der Waals surface area contributed by atoms with Gasteiger partial charge in [-0.2, -0.15) is 0 Å². The zero-order valence-corrected chi connectivity index (χ0v) is 13.0. The van der Waals surface area contributed by atoms with Crippen LogP contribution in [0.1, 0.15) is 56.6 Å². The van der Waals surface area contributed by atoms with Crippen molar-refractivity contribution in [3.63, 3.8) is 0 Å². The van der Waals surface area contributed by atoms with Crippen LogP contribution in [0.4, 0.5) is 0 Å². The molecule has 3 atom stereocenters. The molecule has 4 rings (SSSR count). The SMILES string of the molecule is c1ccc(C(CNC2CC2)N2CCC3CCCCC32)cc1. The van der Waals surface area contributed by atoms with E-state index in [4.69, 9.17) is 0 Å². The van der Waals surface area contributed by atoms with Gasteiger partial charge in [-0.05, 0) is 50.1 Å². The Morgan fingerprint density at radius 3 is 2.62 bits per heavy atom. The van der Waals surface area contributed by atoms with Crippen LogP contribution in [0.5, 0.6) is 0 Å². The second kappa shape index (κ2) is 6.10. The van der Waals surface area contributed by atoms with Crippen molar-refractivity contribution in [3.05, 3.63) is 35.9 Å². The first-order valence-corrected chi connectivity index (χ1v) is 8.96. The fourth-order valence-electron chi connectivity index (χ4n) is 4.50. The number of likely N-dealkylation sites (tertiary alicyclic amines) is 1. The van der Waals surface area contributed by atoms with Gasteiger partial charge in [-0.15, -0.1) is 0 Å². The highest BCUT2D eigenvalue weighted by molar-refractivity contribution is 5.20. The molecule has 1 saturated heterocycles. The fraction of sp³-hybridized carbons (Fsp3) is 0.684. The summed E-state index contributed by atoms with van der Waals surface area (Å²) in [6, 6.07) is 13.4. The molecule has 21 heavy (non-hydrogen) atoms. The largest absolute Gasteiger partial charge is 0.312 e. The number of benzene rings is 1. The van der Waals surface area contributed by atoms with Crippen molar-refractivity contribution in [2.75, 3.05) is 13.1 Å². The predicted octanol–water partition coefficient (Wildman–Crippen LogP) is 3.74. The summed E-state index contributed by atoms with van der Waals surface area (Å²) in [5.41, 5.74) is 1.51. The summed E-state index contributed by atoms with van der Waals surface area (Å²) < 4.78 is 0. The Hall–Kier alpha value is -0.860.